The highest BCUT2D eigenvalue weighted by atomic mass is 16.5. The molecule has 1 N–H and O–H groups in total. The van der Waals surface area contributed by atoms with Gasteiger partial charge in [0.25, 0.3) is 5.91 Å². The third kappa shape index (κ3) is 2.99. The van der Waals surface area contributed by atoms with Crippen molar-refractivity contribution in [3.05, 3.63) is 59.2 Å². The van der Waals surface area contributed by atoms with E-state index in [0.717, 1.165) is 16.8 Å². The van der Waals surface area contributed by atoms with Crippen LogP contribution in [0.25, 0.3) is 0 Å². The Balaban J connectivity index is 1.92. The lowest BCUT2D eigenvalue weighted by atomic mass is 10.1. The molecule has 0 radical (unpaired) electrons. The lowest BCUT2D eigenvalue weighted by Crippen LogP contribution is -2.13. The van der Waals surface area contributed by atoms with Crippen molar-refractivity contribution in [2.75, 3.05) is 11.9 Å². The van der Waals surface area contributed by atoms with Gasteiger partial charge in [-0.2, -0.15) is 0 Å². The zero-order valence-corrected chi connectivity index (χ0v) is 12.9. The van der Waals surface area contributed by atoms with Crippen LogP contribution in [0.2, 0.25) is 0 Å². The molecule has 1 amide bonds. The van der Waals surface area contributed by atoms with Crippen LogP contribution in [0.1, 0.15) is 28.4 Å². The van der Waals surface area contributed by atoms with Gasteiger partial charge in [0.1, 0.15) is 5.71 Å². The minimum atomic E-state index is -0.369. The maximum absolute atomic E-state index is 12.1. The quantitative estimate of drug-likeness (QED) is 0.885. The van der Waals surface area contributed by atoms with E-state index in [1.165, 1.54) is 0 Å². The van der Waals surface area contributed by atoms with Gasteiger partial charge in [0.15, 0.2) is 0 Å². The van der Waals surface area contributed by atoms with Gasteiger partial charge in [-0.25, -0.2) is 9.79 Å². The molecule has 0 spiro atoms. The number of aryl methyl sites for hydroxylation is 1. The van der Waals surface area contributed by atoms with E-state index in [0.29, 0.717) is 23.6 Å². The molecule has 1 aliphatic rings. The van der Waals surface area contributed by atoms with Crippen molar-refractivity contribution in [3.63, 3.8) is 0 Å². The minimum absolute atomic E-state index is 0.222. The number of ether oxygens (including phenoxy) is 1. The van der Waals surface area contributed by atoms with Crippen LogP contribution in [0, 0.1) is 6.92 Å². The van der Waals surface area contributed by atoms with E-state index in [1.54, 1.807) is 31.2 Å². The maximum Gasteiger partial charge on any atom is 0.338 e. The second-order valence-electron chi connectivity index (χ2n) is 5.23. The molecule has 0 saturated heterocycles. The molecule has 0 unspecified atom stereocenters. The zero-order valence-electron chi connectivity index (χ0n) is 12.9. The third-order valence-corrected chi connectivity index (χ3v) is 3.51. The van der Waals surface area contributed by atoms with Crippen LogP contribution in [0.4, 0.5) is 11.4 Å². The molecule has 1 heterocycles. The Morgan fingerprint density at radius 2 is 1.91 bits per heavy atom. The van der Waals surface area contributed by atoms with Crippen LogP contribution in [0.5, 0.6) is 0 Å². The summed E-state index contributed by atoms with van der Waals surface area (Å²) in [6.45, 7) is 4.06. The van der Waals surface area contributed by atoms with E-state index in [2.05, 4.69) is 10.3 Å². The number of carbonyl (C=O) groups is 2. The van der Waals surface area contributed by atoms with E-state index in [9.17, 15) is 9.59 Å². The highest BCUT2D eigenvalue weighted by molar-refractivity contribution is 6.54. The van der Waals surface area contributed by atoms with E-state index < -0.39 is 0 Å². The summed E-state index contributed by atoms with van der Waals surface area (Å²) < 4.78 is 4.94. The SMILES string of the molecule is CCOC(=O)c1ccc(N=C2C(=O)Nc3ccc(C)cc32)cc1. The van der Waals surface area contributed by atoms with Crippen molar-refractivity contribution in [1.82, 2.24) is 0 Å². The second kappa shape index (κ2) is 6.04. The molecule has 3 rings (SSSR count). The van der Waals surface area contributed by atoms with Gasteiger partial charge in [0.2, 0.25) is 0 Å². The number of aliphatic imine (C=N–C) groups is 1. The Kier molecular flexibility index (Phi) is 3.93. The molecule has 23 heavy (non-hydrogen) atoms. The number of amides is 1. The normalized spacial score (nSPS) is 14.5. The average molecular weight is 308 g/mol. The van der Waals surface area contributed by atoms with Gasteiger partial charge >= 0.3 is 5.97 Å². The number of carbonyl (C=O) groups excluding carboxylic acids is 2. The fourth-order valence-corrected chi connectivity index (χ4v) is 2.39. The fourth-order valence-electron chi connectivity index (χ4n) is 2.39. The van der Waals surface area contributed by atoms with Crippen LogP contribution in [0.3, 0.4) is 0 Å². The molecule has 5 nitrogen and oxygen atoms in total. The maximum atomic E-state index is 12.1. The zero-order chi connectivity index (χ0) is 16.4. The van der Waals surface area contributed by atoms with E-state index in [-0.39, 0.29) is 11.9 Å². The monoisotopic (exact) mass is 308 g/mol. The highest BCUT2D eigenvalue weighted by Crippen LogP contribution is 2.26. The molecule has 0 atom stereocenters. The summed E-state index contributed by atoms with van der Waals surface area (Å²) in [6, 6.07) is 12.4. The molecule has 0 saturated carbocycles. The standard InChI is InChI=1S/C18H16N2O3/c1-3-23-18(22)12-5-7-13(8-6-12)19-16-14-10-11(2)4-9-15(14)20-17(16)21/h4-10H,3H2,1-2H3,(H,19,20,21). The molecule has 1 aliphatic heterocycles. The molecule has 0 aliphatic carbocycles. The van der Waals surface area contributed by atoms with E-state index in [1.807, 2.05) is 25.1 Å². The van der Waals surface area contributed by atoms with Crippen molar-refractivity contribution in [2.45, 2.75) is 13.8 Å². The first kappa shape index (κ1) is 15.0. The van der Waals surface area contributed by atoms with E-state index >= 15 is 0 Å². The topological polar surface area (TPSA) is 67.8 Å². The number of anilines is 1. The number of fused-ring (bicyclic) bond motifs is 1. The first-order valence-electron chi connectivity index (χ1n) is 7.36. The number of benzene rings is 2. The molecule has 0 fully saturated rings. The second-order valence-corrected chi connectivity index (χ2v) is 5.23. The van der Waals surface area contributed by atoms with Crippen molar-refractivity contribution in [3.8, 4) is 0 Å². The largest absolute Gasteiger partial charge is 0.462 e. The van der Waals surface area contributed by atoms with Crippen LogP contribution >= 0.6 is 0 Å². The number of nitrogens with one attached hydrogen (secondary N) is 1. The molecule has 0 bridgehead atoms. The number of hydrogen-bond donors (Lipinski definition) is 1. The highest BCUT2D eigenvalue weighted by Gasteiger charge is 2.25. The predicted molar refractivity (Wildman–Crippen MR) is 88.4 cm³/mol. The summed E-state index contributed by atoms with van der Waals surface area (Å²) in [5.41, 5.74) is 4.07. The Hall–Kier alpha value is -2.95. The Bertz CT molecular complexity index is 808. The van der Waals surface area contributed by atoms with Crippen LogP contribution < -0.4 is 5.32 Å². The van der Waals surface area contributed by atoms with Crippen molar-refractivity contribution < 1.29 is 14.3 Å². The molecular formula is C18H16N2O3. The summed E-state index contributed by atoms with van der Waals surface area (Å²) in [5, 5.41) is 2.80. The number of nitrogens with zero attached hydrogens (tertiary/aromatic N) is 1. The molecule has 0 aromatic heterocycles. The summed E-state index contributed by atoms with van der Waals surface area (Å²) >= 11 is 0. The predicted octanol–water partition coefficient (Wildman–Crippen LogP) is 3.24. The van der Waals surface area contributed by atoms with Crippen molar-refractivity contribution in [2.24, 2.45) is 4.99 Å². The minimum Gasteiger partial charge on any atom is -0.462 e. The van der Waals surface area contributed by atoms with E-state index in [4.69, 9.17) is 4.74 Å². The summed E-state index contributed by atoms with van der Waals surface area (Å²) in [4.78, 5) is 28.1. The molecule has 2 aromatic carbocycles. The van der Waals surface area contributed by atoms with Crippen molar-refractivity contribution >= 4 is 29.0 Å². The average Bonchev–Trinajstić information content (AvgIpc) is 2.84. The number of esters is 1. The van der Waals surface area contributed by atoms with Gasteiger partial charge in [-0.1, -0.05) is 11.6 Å². The first-order chi connectivity index (χ1) is 11.1. The number of hydrogen-bond acceptors (Lipinski definition) is 4. The molecule has 2 aromatic rings. The Morgan fingerprint density at radius 3 is 2.61 bits per heavy atom. The molecular weight excluding hydrogens is 292 g/mol. The Morgan fingerprint density at radius 1 is 1.17 bits per heavy atom. The van der Waals surface area contributed by atoms with Crippen LogP contribution in [-0.4, -0.2) is 24.2 Å². The fraction of sp³-hybridized carbons (Fsp3) is 0.167. The molecule has 116 valence electrons. The van der Waals surface area contributed by atoms with Gasteiger partial charge in [-0.15, -0.1) is 0 Å². The molecule has 5 heteroatoms. The summed E-state index contributed by atoms with van der Waals surface area (Å²) in [6.07, 6.45) is 0. The smallest absolute Gasteiger partial charge is 0.338 e. The van der Waals surface area contributed by atoms with Gasteiger partial charge in [0, 0.05) is 5.56 Å². The van der Waals surface area contributed by atoms with Gasteiger partial charge in [-0.3, -0.25) is 4.79 Å². The van der Waals surface area contributed by atoms with Gasteiger partial charge in [-0.05, 0) is 50.2 Å². The van der Waals surface area contributed by atoms with Gasteiger partial charge in [0.05, 0.1) is 23.5 Å². The van der Waals surface area contributed by atoms with Crippen LogP contribution in [0.15, 0.2) is 47.5 Å². The summed E-state index contributed by atoms with van der Waals surface area (Å²) in [5.74, 6) is -0.591. The van der Waals surface area contributed by atoms with Gasteiger partial charge < -0.3 is 10.1 Å². The summed E-state index contributed by atoms with van der Waals surface area (Å²) in [7, 11) is 0. The number of rotatable bonds is 3. The first-order valence-corrected chi connectivity index (χ1v) is 7.36. The lowest BCUT2D eigenvalue weighted by molar-refractivity contribution is -0.110. The van der Waals surface area contributed by atoms with Crippen LogP contribution in [-0.2, 0) is 9.53 Å². The van der Waals surface area contributed by atoms with Crippen molar-refractivity contribution in [1.29, 1.82) is 0 Å². The third-order valence-electron chi connectivity index (χ3n) is 3.51. The Labute approximate surface area is 134 Å². The lowest BCUT2D eigenvalue weighted by Gasteiger charge is -2.02.